The monoisotopic (exact) mass is 800 g/mol. The van der Waals surface area contributed by atoms with E-state index < -0.39 is 24.2 Å². The summed E-state index contributed by atoms with van der Waals surface area (Å²) in [5, 5.41) is 33.2. The molecule has 0 spiro atoms. The zero-order chi connectivity index (χ0) is 41.5. The summed E-state index contributed by atoms with van der Waals surface area (Å²) < 4.78 is 0. The minimum Gasteiger partial charge on any atom is -0.394 e. The molecule has 0 saturated carbocycles. The molecular weight excluding hydrogens is 703 g/mol. The van der Waals surface area contributed by atoms with Gasteiger partial charge in [-0.1, -0.05) is 229 Å². The van der Waals surface area contributed by atoms with Crippen LogP contribution in [-0.4, -0.2) is 46.1 Å². The van der Waals surface area contributed by atoms with Crippen LogP contribution in [0.25, 0.3) is 0 Å². The smallest absolute Gasteiger partial charge is 0.249 e. The lowest BCUT2D eigenvalue weighted by atomic mass is 10.0. The molecule has 0 radical (unpaired) electrons. The number of amides is 1. The Morgan fingerprint density at radius 1 is 0.421 bits per heavy atom. The number of carbonyl (C=O) groups excluding carboxylic acids is 1. The third-order valence-corrected chi connectivity index (χ3v) is 11.4. The fraction of sp³-hybridized carbons (Fsp3) is 0.827. The molecule has 334 valence electrons. The Morgan fingerprint density at radius 3 is 1.07 bits per heavy atom. The maximum atomic E-state index is 12.5. The van der Waals surface area contributed by atoms with Crippen LogP contribution in [0.2, 0.25) is 0 Å². The van der Waals surface area contributed by atoms with Crippen molar-refractivity contribution in [2.24, 2.45) is 0 Å². The Labute approximate surface area is 355 Å². The Bertz CT molecular complexity index is 927. The summed E-state index contributed by atoms with van der Waals surface area (Å²) in [6, 6.07) is -0.822. The van der Waals surface area contributed by atoms with E-state index >= 15 is 0 Å². The van der Waals surface area contributed by atoms with Crippen molar-refractivity contribution in [1.82, 2.24) is 5.32 Å². The summed E-state index contributed by atoms with van der Waals surface area (Å²) in [4.78, 5) is 12.5. The van der Waals surface area contributed by atoms with E-state index in [9.17, 15) is 20.1 Å². The Balaban J connectivity index is 3.65. The molecule has 3 unspecified atom stereocenters. The zero-order valence-corrected chi connectivity index (χ0v) is 38.0. The standard InChI is InChI=1S/C52H97NO4/c1-3-5-7-9-11-13-15-17-19-21-22-23-24-25-26-27-28-29-31-33-35-37-39-41-43-45-47-51(56)52(57)53-49(48-54)50(55)46-44-42-40-38-36-34-32-30-20-18-16-14-12-10-8-6-4-2/h20,25-26,30,36,38,44,46,49-51,54-56H,3-19,21-24,27-29,31-35,37,39-43,45,47-48H2,1-2H3,(H,53,57)/b26-25-,30-20+,38-36+,46-44+. The zero-order valence-electron chi connectivity index (χ0n) is 38.0. The van der Waals surface area contributed by atoms with Gasteiger partial charge in [0, 0.05) is 0 Å². The quantitative estimate of drug-likeness (QED) is 0.0365. The Kier molecular flexibility index (Phi) is 45.6. The van der Waals surface area contributed by atoms with Gasteiger partial charge in [0.05, 0.1) is 18.8 Å². The highest BCUT2D eigenvalue weighted by molar-refractivity contribution is 5.80. The second-order valence-corrected chi connectivity index (χ2v) is 17.0. The van der Waals surface area contributed by atoms with Crippen molar-refractivity contribution in [1.29, 1.82) is 0 Å². The summed E-state index contributed by atoms with van der Waals surface area (Å²) in [6.45, 7) is 4.17. The number of carbonyl (C=O) groups is 1. The average molecular weight is 800 g/mol. The third kappa shape index (κ3) is 42.2. The van der Waals surface area contributed by atoms with Crippen LogP contribution < -0.4 is 5.32 Å². The first-order valence-electron chi connectivity index (χ1n) is 25.0. The number of allylic oxidation sites excluding steroid dienone is 7. The molecular formula is C52H97NO4. The molecule has 0 aromatic rings. The van der Waals surface area contributed by atoms with Crippen molar-refractivity contribution >= 4 is 5.91 Å². The van der Waals surface area contributed by atoms with Crippen molar-refractivity contribution in [3.05, 3.63) is 48.6 Å². The van der Waals surface area contributed by atoms with E-state index in [-0.39, 0.29) is 6.61 Å². The summed E-state index contributed by atoms with van der Waals surface area (Å²) in [5.41, 5.74) is 0. The van der Waals surface area contributed by atoms with E-state index in [1.807, 2.05) is 6.08 Å². The van der Waals surface area contributed by atoms with Crippen LogP contribution in [-0.2, 0) is 4.79 Å². The van der Waals surface area contributed by atoms with Crippen molar-refractivity contribution in [2.75, 3.05) is 6.61 Å². The Morgan fingerprint density at radius 2 is 0.719 bits per heavy atom. The maximum absolute atomic E-state index is 12.5. The van der Waals surface area contributed by atoms with E-state index in [2.05, 4.69) is 55.6 Å². The molecule has 57 heavy (non-hydrogen) atoms. The first-order valence-corrected chi connectivity index (χ1v) is 25.0. The van der Waals surface area contributed by atoms with Gasteiger partial charge in [-0.15, -0.1) is 0 Å². The molecule has 3 atom stereocenters. The molecule has 0 aliphatic carbocycles. The van der Waals surface area contributed by atoms with Gasteiger partial charge in [-0.2, -0.15) is 0 Å². The minimum atomic E-state index is -1.11. The van der Waals surface area contributed by atoms with E-state index in [0.29, 0.717) is 6.42 Å². The SMILES string of the molecule is CCCCCCCCC/C=C/CC/C=C/CC/C=C/C(O)C(CO)NC(=O)C(O)CCCCCCCCCCCC/C=C\CCCCCCCCCCCCCC. The highest BCUT2D eigenvalue weighted by atomic mass is 16.3. The Hall–Kier alpha value is -1.69. The molecule has 5 heteroatoms. The fourth-order valence-corrected chi connectivity index (χ4v) is 7.45. The predicted molar refractivity (Wildman–Crippen MR) is 250 cm³/mol. The van der Waals surface area contributed by atoms with Crippen molar-refractivity contribution in [3.8, 4) is 0 Å². The molecule has 0 aliphatic heterocycles. The highest BCUT2D eigenvalue weighted by Crippen LogP contribution is 2.15. The molecule has 0 aromatic carbocycles. The molecule has 4 N–H and O–H groups in total. The van der Waals surface area contributed by atoms with E-state index in [4.69, 9.17) is 0 Å². The molecule has 0 rings (SSSR count). The van der Waals surface area contributed by atoms with Gasteiger partial charge >= 0.3 is 0 Å². The lowest BCUT2D eigenvalue weighted by Crippen LogP contribution is -2.48. The number of aliphatic hydroxyl groups excluding tert-OH is 3. The van der Waals surface area contributed by atoms with Crippen LogP contribution in [0, 0.1) is 0 Å². The van der Waals surface area contributed by atoms with Gasteiger partial charge in [0.25, 0.3) is 0 Å². The number of nitrogens with one attached hydrogen (secondary N) is 1. The molecule has 0 bridgehead atoms. The third-order valence-electron chi connectivity index (χ3n) is 11.4. The van der Waals surface area contributed by atoms with Crippen LogP contribution >= 0.6 is 0 Å². The van der Waals surface area contributed by atoms with Gasteiger partial charge in [0.15, 0.2) is 0 Å². The second kappa shape index (κ2) is 47.0. The second-order valence-electron chi connectivity index (χ2n) is 17.0. The van der Waals surface area contributed by atoms with Crippen molar-refractivity contribution in [2.45, 2.75) is 270 Å². The van der Waals surface area contributed by atoms with Crippen LogP contribution in [0.5, 0.6) is 0 Å². The number of aliphatic hydroxyl groups is 3. The molecule has 0 aliphatic rings. The number of unbranched alkanes of at least 4 members (excludes halogenated alkanes) is 31. The average Bonchev–Trinajstić information content (AvgIpc) is 3.22. The van der Waals surface area contributed by atoms with Gasteiger partial charge in [0.2, 0.25) is 5.91 Å². The van der Waals surface area contributed by atoms with Crippen molar-refractivity contribution in [3.63, 3.8) is 0 Å². The molecule has 0 fully saturated rings. The van der Waals surface area contributed by atoms with Gasteiger partial charge < -0.3 is 20.6 Å². The number of rotatable bonds is 45. The van der Waals surface area contributed by atoms with Gasteiger partial charge in [-0.25, -0.2) is 0 Å². The minimum absolute atomic E-state index is 0.382. The lowest BCUT2D eigenvalue weighted by Gasteiger charge is -2.21. The fourth-order valence-electron chi connectivity index (χ4n) is 7.45. The molecule has 5 nitrogen and oxygen atoms in total. The first-order chi connectivity index (χ1) is 28.1. The van der Waals surface area contributed by atoms with Crippen LogP contribution in [0.1, 0.15) is 251 Å². The molecule has 1 amide bonds. The van der Waals surface area contributed by atoms with Crippen LogP contribution in [0.15, 0.2) is 48.6 Å². The van der Waals surface area contributed by atoms with E-state index in [0.717, 1.165) is 44.9 Å². The van der Waals surface area contributed by atoms with Crippen molar-refractivity contribution < 1.29 is 20.1 Å². The summed E-state index contributed by atoms with van der Waals surface area (Å²) in [7, 11) is 0. The topological polar surface area (TPSA) is 89.8 Å². The number of hydrogen-bond acceptors (Lipinski definition) is 4. The maximum Gasteiger partial charge on any atom is 0.249 e. The van der Waals surface area contributed by atoms with Crippen LogP contribution in [0.4, 0.5) is 0 Å². The van der Waals surface area contributed by atoms with E-state index in [1.165, 1.54) is 186 Å². The lowest BCUT2D eigenvalue weighted by molar-refractivity contribution is -0.131. The van der Waals surface area contributed by atoms with Gasteiger partial charge in [0.1, 0.15) is 6.10 Å². The first kappa shape index (κ1) is 55.3. The normalized spacial score (nSPS) is 13.8. The van der Waals surface area contributed by atoms with Crippen LogP contribution in [0.3, 0.4) is 0 Å². The summed E-state index contributed by atoms with van der Waals surface area (Å²) >= 11 is 0. The molecule has 0 saturated heterocycles. The molecule has 0 heterocycles. The largest absolute Gasteiger partial charge is 0.394 e. The highest BCUT2D eigenvalue weighted by Gasteiger charge is 2.22. The summed E-state index contributed by atoms with van der Waals surface area (Å²) in [5.74, 6) is -0.518. The van der Waals surface area contributed by atoms with Gasteiger partial charge in [-0.05, 0) is 70.6 Å². The molecule has 0 aromatic heterocycles. The predicted octanol–water partition coefficient (Wildman–Crippen LogP) is 14.9. The van der Waals surface area contributed by atoms with E-state index in [1.54, 1.807) is 6.08 Å². The number of hydrogen-bond donors (Lipinski definition) is 4. The van der Waals surface area contributed by atoms with Gasteiger partial charge in [-0.3, -0.25) is 4.79 Å². The summed E-state index contributed by atoms with van der Waals surface area (Å²) in [6.07, 6.45) is 61.6.